The Balaban J connectivity index is 1.34. The number of amides is 1. The quantitative estimate of drug-likeness (QED) is 0.674. The first-order valence-corrected chi connectivity index (χ1v) is 11.7. The molecule has 0 bridgehead atoms. The van der Waals surface area contributed by atoms with Gasteiger partial charge in [-0.05, 0) is 50.8 Å². The van der Waals surface area contributed by atoms with Crippen LogP contribution in [0.4, 0.5) is 10.1 Å². The van der Waals surface area contributed by atoms with Gasteiger partial charge in [-0.15, -0.1) is 0 Å². The minimum Gasteiger partial charge on any atom is -0.365 e. The lowest BCUT2D eigenvalue weighted by atomic mass is 10.0. The van der Waals surface area contributed by atoms with Crippen LogP contribution < -0.4 is 15.8 Å². The number of H-pyrrole nitrogens is 1. The normalized spacial score (nSPS) is 21.7. The van der Waals surface area contributed by atoms with E-state index in [0.29, 0.717) is 24.2 Å². The van der Waals surface area contributed by atoms with Gasteiger partial charge in [0, 0.05) is 55.9 Å². The highest BCUT2D eigenvalue weighted by atomic mass is 19.1. The first-order chi connectivity index (χ1) is 15.5. The Morgan fingerprint density at radius 1 is 1.16 bits per heavy atom. The summed E-state index contributed by atoms with van der Waals surface area (Å²) in [4.78, 5) is 35.5. The Kier molecular flexibility index (Phi) is 6.89. The number of halogens is 1. The van der Waals surface area contributed by atoms with Crippen LogP contribution >= 0.6 is 0 Å². The van der Waals surface area contributed by atoms with E-state index in [4.69, 9.17) is 0 Å². The second-order valence-corrected chi connectivity index (χ2v) is 8.67. The molecule has 0 aromatic carbocycles. The minimum absolute atomic E-state index is 0.0379. The molecule has 1 aliphatic heterocycles. The van der Waals surface area contributed by atoms with E-state index in [1.54, 1.807) is 12.1 Å². The summed E-state index contributed by atoms with van der Waals surface area (Å²) in [6.45, 7) is 7.46. The summed E-state index contributed by atoms with van der Waals surface area (Å²) in [5, 5.41) is 2.64. The monoisotopic (exact) mass is 441 g/mol. The average molecular weight is 442 g/mol. The SMILES string of the molecule is CCNC(=O)c1ccc(N2CCN(C3CC[C@@H](c4ccc(CC)c(=O)[nH]4)C3)CC2)c(F)n1. The van der Waals surface area contributed by atoms with Crippen molar-refractivity contribution in [2.24, 2.45) is 0 Å². The van der Waals surface area contributed by atoms with E-state index in [-0.39, 0.29) is 17.2 Å². The third-order valence-corrected chi connectivity index (χ3v) is 6.81. The number of piperazine rings is 1. The summed E-state index contributed by atoms with van der Waals surface area (Å²) >= 11 is 0. The summed E-state index contributed by atoms with van der Waals surface area (Å²) in [7, 11) is 0. The van der Waals surface area contributed by atoms with Gasteiger partial charge in [-0.1, -0.05) is 13.0 Å². The summed E-state index contributed by atoms with van der Waals surface area (Å²) in [5.41, 5.74) is 2.48. The second-order valence-electron chi connectivity index (χ2n) is 8.67. The minimum atomic E-state index is -0.595. The third kappa shape index (κ3) is 4.70. The molecule has 32 heavy (non-hydrogen) atoms. The summed E-state index contributed by atoms with van der Waals surface area (Å²) < 4.78 is 14.6. The summed E-state index contributed by atoms with van der Waals surface area (Å²) in [5.74, 6) is -0.563. The highest BCUT2D eigenvalue weighted by Gasteiger charge is 2.33. The number of rotatable bonds is 6. The Labute approximate surface area is 188 Å². The number of hydrogen-bond acceptors (Lipinski definition) is 5. The number of hydrogen-bond donors (Lipinski definition) is 2. The highest BCUT2D eigenvalue weighted by molar-refractivity contribution is 5.92. The summed E-state index contributed by atoms with van der Waals surface area (Å²) in [6, 6.07) is 7.76. The lowest BCUT2D eigenvalue weighted by molar-refractivity contribution is 0.0949. The highest BCUT2D eigenvalue weighted by Crippen LogP contribution is 2.36. The number of pyridine rings is 2. The van der Waals surface area contributed by atoms with Gasteiger partial charge in [-0.25, -0.2) is 4.98 Å². The van der Waals surface area contributed by atoms with Crippen molar-refractivity contribution in [1.29, 1.82) is 0 Å². The Morgan fingerprint density at radius 2 is 1.94 bits per heavy atom. The number of aromatic amines is 1. The molecule has 0 radical (unpaired) electrons. The number of aryl methyl sites for hydroxylation is 1. The van der Waals surface area contributed by atoms with Crippen molar-refractivity contribution in [3.05, 3.63) is 57.5 Å². The largest absolute Gasteiger partial charge is 0.365 e. The van der Waals surface area contributed by atoms with Gasteiger partial charge < -0.3 is 15.2 Å². The molecule has 2 fully saturated rings. The molecule has 2 aromatic heterocycles. The van der Waals surface area contributed by atoms with Crippen molar-refractivity contribution < 1.29 is 9.18 Å². The maximum Gasteiger partial charge on any atom is 0.269 e. The first-order valence-electron chi connectivity index (χ1n) is 11.7. The third-order valence-electron chi connectivity index (χ3n) is 6.81. The van der Waals surface area contributed by atoms with Crippen molar-refractivity contribution in [1.82, 2.24) is 20.2 Å². The average Bonchev–Trinajstić information content (AvgIpc) is 3.29. The lowest BCUT2D eigenvalue weighted by Crippen LogP contribution is -2.50. The fourth-order valence-corrected chi connectivity index (χ4v) is 4.98. The van der Waals surface area contributed by atoms with Crippen LogP contribution in [0.3, 0.4) is 0 Å². The molecule has 0 spiro atoms. The number of carbonyl (C=O) groups is 1. The van der Waals surface area contributed by atoms with E-state index in [2.05, 4.69) is 26.3 Å². The number of nitrogens with one attached hydrogen (secondary N) is 2. The molecular formula is C24H32FN5O2. The molecule has 8 heteroatoms. The zero-order valence-corrected chi connectivity index (χ0v) is 18.9. The van der Waals surface area contributed by atoms with E-state index in [0.717, 1.165) is 63.1 Å². The molecule has 2 atom stereocenters. The van der Waals surface area contributed by atoms with Crippen LogP contribution in [0, 0.1) is 5.95 Å². The molecule has 2 aliphatic rings. The molecular weight excluding hydrogens is 409 g/mol. The fourth-order valence-electron chi connectivity index (χ4n) is 4.98. The van der Waals surface area contributed by atoms with E-state index in [1.807, 2.05) is 24.8 Å². The van der Waals surface area contributed by atoms with Crippen LogP contribution in [-0.2, 0) is 6.42 Å². The van der Waals surface area contributed by atoms with Crippen molar-refractivity contribution >= 4 is 11.6 Å². The predicted molar refractivity (Wildman–Crippen MR) is 123 cm³/mol. The van der Waals surface area contributed by atoms with E-state index in [9.17, 15) is 14.0 Å². The van der Waals surface area contributed by atoms with Gasteiger partial charge in [0.2, 0.25) is 5.95 Å². The Hall–Kier alpha value is -2.74. The van der Waals surface area contributed by atoms with Gasteiger partial charge in [0.15, 0.2) is 0 Å². The van der Waals surface area contributed by atoms with Crippen LogP contribution in [0.15, 0.2) is 29.1 Å². The topological polar surface area (TPSA) is 81.3 Å². The Morgan fingerprint density at radius 3 is 2.59 bits per heavy atom. The predicted octanol–water partition coefficient (Wildman–Crippen LogP) is 2.68. The standard InChI is InChI=1S/C24H32FN5O2/c1-3-16-6-8-19(28-23(16)31)17-5-7-18(15-17)29-11-13-30(14-12-29)21-10-9-20(27-22(21)25)24(32)26-4-2/h6,8-10,17-18H,3-5,7,11-15H2,1-2H3,(H,26,32)(H,28,31)/t17-,18?/m1/s1. The van der Waals surface area contributed by atoms with E-state index < -0.39 is 5.95 Å². The summed E-state index contributed by atoms with van der Waals surface area (Å²) in [6.07, 6.45) is 3.97. The van der Waals surface area contributed by atoms with Gasteiger partial charge in [0.1, 0.15) is 5.69 Å². The molecule has 1 saturated carbocycles. The molecule has 1 aliphatic carbocycles. The van der Waals surface area contributed by atoms with Gasteiger partial charge in [-0.2, -0.15) is 4.39 Å². The molecule has 7 nitrogen and oxygen atoms in total. The van der Waals surface area contributed by atoms with E-state index in [1.165, 1.54) is 0 Å². The maximum atomic E-state index is 14.6. The van der Waals surface area contributed by atoms with E-state index >= 15 is 0 Å². The zero-order valence-electron chi connectivity index (χ0n) is 18.9. The molecule has 1 unspecified atom stereocenters. The number of aromatic nitrogens is 2. The molecule has 1 saturated heterocycles. The van der Waals surface area contributed by atoms with Crippen LogP contribution in [0.1, 0.15) is 60.8 Å². The van der Waals surface area contributed by atoms with Crippen LogP contribution in [0.25, 0.3) is 0 Å². The lowest BCUT2D eigenvalue weighted by Gasteiger charge is -2.39. The van der Waals surface area contributed by atoms with Crippen molar-refractivity contribution in [3.8, 4) is 0 Å². The number of carbonyl (C=O) groups excluding carboxylic acids is 1. The van der Waals surface area contributed by atoms with Gasteiger partial charge in [0.25, 0.3) is 11.5 Å². The molecule has 2 aromatic rings. The van der Waals surface area contributed by atoms with Crippen LogP contribution in [0.2, 0.25) is 0 Å². The van der Waals surface area contributed by atoms with Crippen LogP contribution in [0.5, 0.6) is 0 Å². The smallest absolute Gasteiger partial charge is 0.269 e. The van der Waals surface area contributed by atoms with Gasteiger partial charge in [-0.3, -0.25) is 14.5 Å². The van der Waals surface area contributed by atoms with Crippen molar-refractivity contribution in [2.75, 3.05) is 37.6 Å². The van der Waals surface area contributed by atoms with Crippen molar-refractivity contribution in [3.63, 3.8) is 0 Å². The number of anilines is 1. The van der Waals surface area contributed by atoms with Crippen molar-refractivity contribution in [2.45, 2.75) is 51.5 Å². The van der Waals surface area contributed by atoms with Crippen LogP contribution in [-0.4, -0.2) is 59.5 Å². The maximum absolute atomic E-state index is 14.6. The zero-order chi connectivity index (χ0) is 22.7. The molecule has 1 amide bonds. The molecule has 2 N–H and O–H groups in total. The molecule has 172 valence electrons. The second kappa shape index (κ2) is 9.81. The Bertz CT molecular complexity index is 1020. The first kappa shape index (κ1) is 22.5. The molecule has 3 heterocycles. The van der Waals surface area contributed by atoms with Gasteiger partial charge in [0.05, 0.1) is 5.69 Å². The fraction of sp³-hybridized carbons (Fsp3) is 0.542. The number of nitrogens with zero attached hydrogens (tertiary/aromatic N) is 3. The van der Waals surface area contributed by atoms with Gasteiger partial charge >= 0.3 is 0 Å². The molecule has 4 rings (SSSR count).